The second-order valence-corrected chi connectivity index (χ2v) is 4.00. The van der Waals surface area contributed by atoms with Crippen molar-refractivity contribution in [2.45, 2.75) is 25.4 Å². The summed E-state index contributed by atoms with van der Waals surface area (Å²) in [6.45, 7) is 5.21. The number of nitrogens with one attached hydrogen (secondary N) is 1. The van der Waals surface area contributed by atoms with Crippen LogP contribution in [0.2, 0.25) is 0 Å². The SMILES string of the molecule is CCC1COCCN1CC(NC)C(=O)OC. The van der Waals surface area contributed by atoms with E-state index in [-0.39, 0.29) is 12.0 Å². The monoisotopic (exact) mass is 230 g/mol. The van der Waals surface area contributed by atoms with E-state index >= 15 is 0 Å². The van der Waals surface area contributed by atoms with Gasteiger partial charge >= 0.3 is 5.97 Å². The molecule has 2 atom stereocenters. The van der Waals surface area contributed by atoms with Gasteiger partial charge in [0, 0.05) is 19.1 Å². The smallest absolute Gasteiger partial charge is 0.324 e. The maximum absolute atomic E-state index is 11.5. The second kappa shape index (κ2) is 6.83. The predicted molar refractivity (Wildman–Crippen MR) is 61.3 cm³/mol. The Morgan fingerprint density at radius 1 is 1.69 bits per heavy atom. The molecule has 0 bridgehead atoms. The van der Waals surface area contributed by atoms with Crippen LogP contribution in [0.5, 0.6) is 0 Å². The molecule has 0 spiro atoms. The molecule has 1 aliphatic heterocycles. The largest absolute Gasteiger partial charge is 0.468 e. The molecule has 0 aliphatic carbocycles. The van der Waals surface area contributed by atoms with Crippen molar-refractivity contribution in [3.8, 4) is 0 Å². The van der Waals surface area contributed by atoms with Gasteiger partial charge in [-0.05, 0) is 13.5 Å². The first-order valence-corrected chi connectivity index (χ1v) is 5.79. The molecule has 0 amide bonds. The van der Waals surface area contributed by atoms with Gasteiger partial charge in [-0.25, -0.2) is 0 Å². The first-order chi connectivity index (χ1) is 7.72. The molecule has 0 aromatic heterocycles. The van der Waals surface area contributed by atoms with Crippen molar-refractivity contribution in [1.82, 2.24) is 10.2 Å². The van der Waals surface area contributed by atoms with E-state index in [1.54, 1.807) is 7.05 Å². The van der Waals surface area contributed by atoms with E-state index < -0.39 is 0 Å². The number of hydrogen-bond donors (Lipinski definition) is 1. The van der Waals surface area contributed by atoms with Crippen molar-refractivity contribution in [2.75, 3.05) is 40.5 Å². The van der Waals surface area contributed by atoms with Gasteiger partial charge in [-0.2, -0.15) is 0 Å². The maximum atomic E-state index is 11.5. The van der Waals surface area contributed by atoms with Crippen LogP contribution in [0.1, 0.15) is 13.3 Å². The van der Waals surface area contributed by atoms with Gasteiger partial charge in [0.2, 0.25) is 0 Å². The Kier molecular flexibility index (Phi) is 5.73. The summed E-state index contributed by atoms with van der Waals surface area (Å²) in [7, 11) is 3.20. The molecule has 1 fully saturated rings. The molecule has 1 rings (SSSR count). The number of esters is 1. The molecular weight excluding hydrogens is 208 g/mol. The minimum atomic E-state index is -0.253. The molecule has 5 heteroatoms. The summed E-state index contributed by atoms with van der Waals surface area (Å²) < 4.78 is 10.2. The van der Waals surface area contributed by atoms with Crippen LogP contribution < -0.4 is 5.32 Å². The molecule has 16 heavy (non-hydrogen) atoms. The lowest BCUT2D eigenvalue weighted by Gasteiger charge is -2.36. The number of carbonyl (C=O) groups excluding carboxylic acids is 1. The van der Waals surface area contributed by atoms with Crippen molar-refractivity contribution in [2.24, 2.45) is 0 Å². The number of rotatable bonds is 5. The highest BCUT2D eigenvalue weighted by molar-refractivity contribution is 5.75. The quantitative estimate of drug-likeness (QED) is 0.666. The van der Waals surface area contributed by atoms with E-state index in [1.807, 2.05) is 0 Å². The Labute approximate surface area is 97.1 Å². The summed E-state index contributed by atoms with van der Waals surface area (Å²) in [5, 5.41) is 2.99. The molecule has 0 radical (unpaired) electrons. The van der Waals surface area contributed by atoms with Gasteiger partial charge in [-0.1, -0.05) is 6.92 Å². The minimum Gasteiger partial charge on any atom is -0.468 e. The molecule has 0 aromatic rings. The van der Waals surface area contributed by atoms with E-state index in [4.69, 9.17) is 9.47 Å². The maximum Gasteiger partial charge on any atom is 0.324 e. The normalized spacial score (nSPS) is 24.1. The topological polar surface area (TPSA) is 50.8 Å². The highest BCUT2D eigenvalue weighted by Gasteiger charge is 2.27. The summed E-state index contributed by atoms with van der Waals surface area (Å²) in [5.41, 5.74) is 0. The first kappa shape index (κ1) is 13.4. The van der Waals surface area contributed by atoms with Crippen molar-refractivity contribution >= 4 is 5.97 Å². The molecule has 94 valence electrons. The van der Waals surface area contributed by atoms with E-state index in [9.17, 15) is 4.79 Å². The highest BCUT2D eigenvalue weighted by Crippen LogP contribution is 2.10. The first-order valence-electron chi connectivity index (χ1n) is 5.79. The average Bonchev–Trinajstić information content (AvgIpc) is 2.35. The fourth-order valence-electron chi connectivity index (χ4n) is 1.97. The van der Waals surface area contributed by atoms with Gasteiger partial charge in [0.05, 0.1) is 20.3 Å². The van der Waals surface area contributed by atoms with E-state index in [2.05, 4.69) is 17.1 Å². The summed E-state index contributed by atoms with van der Waals surface area (Å²) >= 11 is 0. The number of hydrogen-bond acceptors (Lipinski definition) is 5. The van der Waals surface area contributed by atoms with Crippen molar-refractivity contribution in [1.29, 1.82) is 0 Å². The Hall–Kier alpha value is -0.650. The summed E-state index contributed by atoms with van der Waals surface area (Å²) in [6.07, 6.45) is 1.04. The van der Waals surface area contributed by atoms with Gasteiger partial charge in [0.15, 0.2) is 0 Å². The lowest BCUT2D eigenvalue weighted by molar-refractivity contribution is -0.144. The van der Waals surface area contributed by atoms with Crippen LogP contribution in [0.4, 0.5) is 0 Å². The molecule has 5 nitrogen and oxygen atoms in total. The van der Waals surface area contributed by atoms with Crippen LogP contribution in [0.15, 0.2) is 0 Å². The summed E-state index contributed by atoms with van der Waals surface area (Å²) in [6, 6.07) is 0.159. The lowest BCUT2D eigenvalue weighted by Crippen LogP contribution is -2.52. The average molecular weight is 230 g/mol. The van der Waals surface area contributed by atoms with Gasteiger partial charge < -0.3 is 14.8 Å². The summed E-state index contributed by atoms with van der Waals surface area (Å²) in [5.74, 6) is -0.205. The molecule has 0 aromatic carbocycles. The Balaban J connectivity index is 2.51. The van der Waals surface area contributed by atoms with Crippen LogP contribution in [0.3, 0.4) is 0 Å². The highest BCUT2D eigenvalue weighted by atomic mass is 16.5. The van der Waals surface area contributed by atoms with Crippen molar-refractivity contribution < 1.29 is 14.3 Å². The fourth-order valence-corrected chi connectivity index (χ4v) is 1.97. The van der Waals surface area contributed by atoms with Gasteiger partial charge in [-0.3, -0.25) is 9.69 Å². The lowest BCUT2D eigenvalue weighted by atomic mass is 10.1. The third kappa shape index (κ3) is 3.43. The van der Waals surface area contributed by atoms with E-state index in [1.165, 1.54) is 7.11 Å². The van der Waals surface area contributed by atoms with Crippen molar-refractivity contribution in [3.05, 3.63) is 0 Å². The molecular formula is C11H22N2O3. The second-order valence-electron chi connectivity index (χ2n) is 4.00. The van der Waals surface area contributed by atoms with Crippen LogP contribution in [-0.2, 0) is 14.3 Å². The van der Waals surface area contributed by atoms with E-state index in [0.29, 0.717) is 12.6 Å². The van der Waals surface area contributed by atoms with Crippen molar-refractivity contribution in [3.63, 3.8) is 0 Å². The van der Waals surface area contributed by atoms with Gasteiger partial charge in [0.25, 0.3) is 0 Å². The fraction of sp³-hybridized carbons (Fsp3) is 0.909. The number of nitrogens with zero attached hydrogens (tertiary/aromatic N) is 1. The molecule has 1 saturated heterocycles. The zero-order chi connectivity index (χ0) is 12.0. The predicted octanol–water partition coefficient (Wildman–Crippen LogP) is -0.142. The van der Waals surface area contributed by atoms with Crippen LogP contribution in [-0.4, -0.2) is 63.4 Å². The standard InChI is InChI=1S/C11H22N2O3/c1-4-9-8-16-6-5-13(9)7-10(12-2)11(14)15-3/h9-10,12H,4-8H2,1-3H3. The zero-order valence-electron chi connectivity index (χ0n) is 10.4. The molecule has 1 N–H and O–H groups in total. The molecule has 2 unspecified atom stereocenters. The van der Waals surface area contributed by atoms with Gasteiger partial charge in [-0.15, -0.1) is 0 Å². The van der Waals surface area contributed by atoms with Crippen LogP contribution in [0.25, 0.3) is 0 Å². The summed E-state index contributed by atoms with van der Waals surface area (Å²) in [4.78, 5) is 13.8. The third-order valence-electron chi connectivity index (χ3n) is 3.07. The Bertz CT molecular complexity index is 223. The molecule has 1 heterocycles. The van der Waals surface area contributed by atoms with Crippen LogP contribution >= 0.6 is 0 Å². The molecule has 0 saturated carbocycles. The number of ether oxygens (including phenoxy) is 2. The molecule has 1 aliphatic rings. The van der Waals surface area contributed by atoms with Crippen LogP contribution in [0, 0.1) is 0 Å². The Morgan fingerprint density at radius 3 is 3.00 bits per heavy atom. The Morgan fingerprint density at radius 2 is 2.44 bits per heavy atom. The zero-order valence-corrected chi connectivity index (χ0v) is 10.4. The minimum absolute atomic E-state index is 0.205. The number of methoxy groups -OCH3 is 1. The number of likely N-dealkylation sites (N-methyl/N-ethyl adjacent to an activating group) is 1. The number of carbonyl (C=O) groups is 1. The van der Waals surface area contributed by atoms with E-state index in [0.717, 1.165) is 26.2 Å². The number of morpholine rings is 1. The third-order valence-corrected chi connectivity index (χ3v) is 3.07. The van der Waals surface area contributed by atoms with Gasteiger partial charge in [0.1, 0.15) is 6.04 Å².